The maximum atomic E-state index is 4.17. The first-order valence-electron chi connectivity index (χ1n) is 5.42. The summed E-state index contributed by atoms with van der Waals surface area (Å²) in [5, 5.41) is 3.30. The van der Waals surface area contributed by atoms with Crippen molar-refractivity contribution < 1.29 is 0 Å². The average Bonchev–Trinajstić information content (AvgIpc) is 2.24. The predicted molar refractivity (Wildman–Crippen MR) is 63.1 cm³/mol. The fourth-order valence-electron chi connectivity index (χ4n) is 1.30. The molecule has 0 aliphatic rings. The summed E-state index contributed by atoms with van der Waals surface area (Å²) >= 11 is 0. The molecule has 0 radical (unpaired) electrons. The zero-order chi connectivity index (χ0) is 11.1. The molecule has 1 rings (SSSR count). The highest BCUT2D eigenvalue weighted by molar-refractivity contribution is 5.34. The van der Waals surface area contributed by atoms with Gasteiger partial charge in [0.05, 0.1) is 0 Å². The summed E-state index contributed by atoms with van der Waals surface area (Å²) in [6.07, 6.45) is 3.69. The molecule has 0 saturated carbocycles. The Kier molecular flexibility index (Phi) is 5.04. The SMILES string of the molecule is CCc1cc(NCCCN(C)C)ncn1. The molecule has 84 valence electrons. The van der Waals surface area contributed by atoms with E-state index in [1.807, 2.05) is 6.07 Å². The van der Waals surface area contributed by atoms with E-state index in [1.165, 1.54) is 0 Å². The fraction of sp³-hybridized carbons (Fsp3) is 0.636. The van der Waals surface area contributed by atoms with E-state index in [0.717, 1.165) is 37.4 Å². The Labute approximate surface area is 91.7 Å². The Morgan fingerprint density at radius 3 is 2.80 bits per heavy atom. The van der Waals surface area contributed by atoms with Gasteiger partial charge < -0.3 is 10.2 Å². The molecule has 0 aliphatic carbocycles. The zero-order valence-corrected chi connectivity index (χ0v) is 9.82. The Morgan fingerprint density at radius 2 is 2.13 bits per heavy atom. The van der Waals surface area contributed by atoms with Crippen LogP contribution in [0.15, 0.2) is 12.4 Å². The summed E-state index contributed by atoms with van der Waals surface area (Å²) in [6, 6.07) is 2.01. The molecule has 4 heteroatoms. The lowest BCUT2D eigenvalue weighted by Gasteiger charge is -2.10. The molecule has 0 saturated heterocycles. The smallest absolute Gasteiger partial charge is 0.129 e. The zero-order valence-electron chi connectivity index (χ0n) is 9.82. The summed E-state index contributed by atoms with van der Waals surface area (Å²) in [5.41, 5.74) is 1.08. The summed E-state index contributed by atoms with van der Waals surface area (Å²) < 4.78 is 0. The van der Waals surface area contributed by atoms with E-state index >= 15 is 0 Å². The number of nitrogens with zero attached hydrogens (tertiary/aromatic N) is 3. The van der Waals surface area contributed by atoms with Crippen LogP contribution in [-0.2, 0) is 6.42 Å². The van der Waals surface area contributed by atoms with Crippen molar-refractivity contribution in [3.05, 3.63) is 18.1 Å². The van der Waals surface area contributed by atoms with Gasteiger partial charge in [-0.2, -0.15) is 0 Å². The maximum absolute atomic E-state index is 4.17. The number of anilines is 1. The molecule has 1 aromatic heterocycles. The highest BCUT2D eigenvalue weighted by atomic mass is 15.1. The van der Waals surface area contributed by atoms with Crippen LogP contribution in [0.5, 0.6) is 0 Å². The lowest BCUT2D eigenvalue weighted by atomic mass is 10.3. The number of nitrogens with one attached hydrogen (secondary N) is 1. The molecule has 0 bridgehead atoms. The molecule has 0 aliphatic heterocycles. The first-order chi connectivity index (χ1) is 7.22. The summed E-state index contributed by atoms with van der Waals surface area (Å²) in [7, 11) is 4.17. The van der Waals surface area contributed by atoms with Crippen LogP contribution in [0.2, 0.25) is 0 Å². The first kappa shape index (κ1) is 11.9. The van der Waals surface area contributed by atoms with Gasteiger partial charge in [0.25, 0.3) is 0 Å². The molecule has 0 unspecified atom stereocenters. The minimum absolute atomic E-state index is 0.931. The van der Waals surface area contributed by atoms with E-state index in [9.17, 15) is 0 Å². The van der Waals surface area contributed by atoms with Crippen LogP contribution in [-0.4, -0.2) is 42.1 Å². The van der Waals surface area contributed by atoms with Crippen LogP contribution in [0, 0.1) is 0 Å². The summed E-state index contributed by atoms with van der Waals surface area (Å²) in [4.78, 5) is 10.5. The lowest BCUT2D eigenvalue weighted by Crippen LogP contribution is -2.16. The van der Waals surface area contributed by atoms with Gasteiger partial charge in [-0.05, 0) is 33.5 Å². The van der Waals surface area contributed by atoms with E-state index in [-0.39, 0.29) is 0 Å². The van der Waals surface area contributed by atoms with Crippen LogP contribution in [0.4, 0.5) is 5.82 Å². The van der Waals surface area contributed by atoms with Gasteiger partial charge in [0.2, 0.25) is 0 Å². The van der Waals surface area contributed by atoms with Crippen molar-refractivity contribution in [2.45, 2.75) is 19.8 Å². The first-order valence-corrected chi connectivity index (χ1v) is 5.42. The molecule has 1 N–H and O–H groups in total. The van der Waals surface area contributed by atoms with Gasteiger partial charge in [0.15, 0.2) is 0 Å². The Morgan fingerprint density at radius 1 is 1.33 bits per heavy atom. The standard InChI is InChI=1S/C11H20N4/c1-4-10-8-11(14-9-13-10)12-6-5-7-15(2)3/h8-9H,4-7H2,1-3H3,(H,12,13,14). The Balaban J connectivity index is 2.30. The van der Waals surface area contributed by atoms with E-state index in [2.05, 4.69) is 41.2 Å². The Bertz CT molecular complexity index is 286. The second-order valence-electron chi connectivity index (χ2n) is 3.83. The van der Waals surface area contributed by atoms with Crippen LogP contribution in [0.25, 0.3) is 0 Å². The van der Waals surface area contributed by atoms with Crippen LogP contribution >= 0.6 is 0 Å². The number of hydrogen-bond donors (Lipinski definition) is 1. The second kappa shape index (κ2) is 6.35. The van der Waals surface area contributed by atoms with E-state index in [1.54, 1.807) is 6.33 Å². The second-order valence-corrected chi connectivity index (χ2v) is 3.83. The molecule has 0 amide bonds. The molecular weight excluding hydrogens is 188 g/mol. The van der Waals surface area contributed by atoms with Crippen LogP contribution in [0.1, 0.15) is 19.0 Å². The van der Waals surface area contributed by atoms with Crippen molar-refractivity contribution in [2.24, 2.45) is 0 Å². The molecule has 1 heterocycles. The third-order valence-corrected chi connectivity index (χ3v) is 2.17. The third-order valence-electron chi connectivity index (χ3n) is 2.17. The largest absolute Gasteiger partial charge is 0.370 e. The topological polar surface area (TPSA) is 41.0 Å². The fourth-order valence-corrected chi connectivity index (χ4v) is 1.30. The quantitative estimate of drug-likeness (QED) is 0.718. The summed E-state index contributed by atoms with van der Waals surface area (Å²) in [6.45, 7) is 4.15. The number of aromatic nitrogens is 2. The van der Waals surface area contributed by atoms with Crippen molar-refractivity contribution in [1.82, 2.24) is 14.9 Å². The minimum Gasteiger partial charge on any atom is -0.370 e. The van der Waals surface area contributed by atoms with Crippen LogP contribution in [0.3, 0.4) is 0 Å². The van der Waals surface area contributed by atoms with Crippen molar-refractivity contribution in [3.8, 4) is 0 Å². The van der Waals surface area contributed by atoms with Gasteiger partial charge in [-0.25, -0.2) is 9.97 Å². The number of rotatable bonds is 6. The molecule has 0 aromatic carbocycles. The average molecular weight is 208 g/mol. The van der Waals surface area contributed by atoms with Crippen molar-refractivity contribution in [2.75, 3.05) is 32.5 Å². The molecule has 0 atom stereocenters. The molecule has 1 aromatic rings. The maximum Gasteiger partial charge on any atom is 0.129 e. The van der Waals surface area contributed by atoms with Gasteiger partial charge in [-0.1, -0.05) is 6.92 Å². The molecule has 15 heavy (non-hydrogen) atoms. The van der Waals surface area contributed by atoms with Crippen molar-refractivity contribution in [1.29, 1.82) is 0 Å². The Hall–Kier alpha value is -1.16. The molecule has 0 spiro atoms. The third kappa shape index (κ3) is 4.74. The monoisotopic (exact) mass is 208 g/mol. The molecular formula is C11H20N4. The minimum atomic E-state index is 0.931. The van der Waals surface area contributed by atoms with Crippen LogP contribution < -0.4 is 5.32 Å². The normalized spacial score (nSPS) is 10.7. The number of aryl methyl sites for hydroxylation is 1. The summed E-state index contributed by atoms with van der Waals surface area (Å²) in [5.74, 6) is 0.931. The van der Waals surface area contributed by atoms with Gasteiger partial charge >= 0.3 is 0 Å². The van der Waals surface area contributed by atoms with Crippen molar-refractivity contribution in [3.63, 3.8) is 0 Å². The molecule has 4 nitrogen and oxygen atoms in total. The van der Waals surface area contributed by atoms with Gasteiger partial charge in [-0.3, -0.25) is 0 Å². The lowest BCUT2D eigenvalue weighted by molar-refractivity contribution is 0.405. The molecule has 0 fully saturated rings. The number of hydrogen-bond acceptors (Lipinski definition) is 4. The van der Waals surface area contributed by atoms with Crippen molar-refractivity contribution >= 4 is 5.82 Å². The van der Waals surface area contributed by atoms with Gasteiger partial charge in [0.1, 0.15) is 12.1 Å². The van der Waals surface area contributed by atoms with Gasteiger partial charge in [0, 0.05) is 18.3 Å². The highest BCUT2D eigenvalue weighted by Crippen LogP contribution is 2.04. The van der Waals surface area contributed by atoms with E-state index in [0.29, 0.717) is 0 Å². The highest BCUT2D eigenvalue weighted by Gasteiger charge is 1.96. The van der Waals surface area contributed by atoms with Gasteiger partial charge in [-0.15, -0.1) is 0 Å². The van der Waals surface area contributed by atoms with E-state index in [4.69, 9.17) is 0 Å². The predicted octanol–water partition coefficient (Wildman–Crippen LogP) is 1.40. The van der Waals surface area contributed by atoms with E-state index < -0.39 is 0 Å².